The van der Waals surface area contributed by atoms with Crippen molar-refractivity contribution in [2.24, 2.45) is 11.7 Å². The normalized spacial score (nSPS) is 20.4. The maximum atomic E-state index is 11.9. The Kier molecular flexibility index (Phi) is 5.35. The number of piperidine rings is 1. The third kappa shape index (κ3) is 4.27. The molecule has 7 heteroatoms. The number of carboxylic acids is 1. The highest BCUT2D eigenvalue weighted by atomic mass is 16.4. The summed E-state index contributed by atoms with van der Waals surface area (Å²) >= 11 is 0. The molecular weight excluding hydrogens is 250 g/mol. The van der Waals surface area contributed by atoms with E-state index in [-0.39, 0.29) is 18.9 Å². The monoisotopic (exact) mass is 269 g/mol. The van der Waals surface area contributed by atoms with Gasteiger partial charge in [0.15, 0.2) is 0 Å². The zero-order valence-corrected chi connectivity index (χ0v) is 10.7. The topological polar surface area (TPSA) is 113 Å². The van der Waals surface area contributed by atoms with Gasteiger partial charge in [-0.25, -0.2) is 9.59 Å². The lowest BCUT2D eigenvalue weighted by molar-refractivity contribution is -0.139. The number of nitrogens with one attached hydrogen (secondary N) is 1. The summed E-state index contributed by atoms with van der Waals surface area (Å²) in [5, 5.41) is 11.3. The second-order valence-electron chi connectivity index (χ2n) is 4.55. The number of nitrogens with two attached hydrogens (primary N) is 1. The number of primary amides is 1. The Hall–Kier alpha value is -2.05. The van der Waals surface area contributed by atoms with E-state index in [0.717, 1.165) is 0 Å². The van der Waals surface area contributed by atoms with Crippen molar-refractivity contribution in [3.63, 3.8) is 0 Å². The maximum Gasteiger partial charge on any atom is 0.326 e. The highest BCUT2D eigenvalue weighted by Crippen LogP contribution is 2.16. The van der Waals surface area contributed by atoms with Crippen molar-refractivity contribution >= 4 is 17.9 Å². The number of amides is 3. The first-order valence-corrected chi connectivity index (χ1v) is 6.14. The van der Waals surface area contributed by atoms with Crippen LogP contribution >= 0.6 is 0 Å². The first-order chi connectivity index (χ1) is 8.95. The van der Waals surface area contributed by atoms with E-state index in [2.05, 4.69) is 11.9 Å². The molecule has 4 N–H and O–H groups in total. The van der Waals surface area contributed by atoms with E-state index in [9.17, 15) is 14.4 Å². The molecule has 1 heterocycles. The lowest BCUT2D eigenvalue weighted by Crippen LogP contribution is -2.52. The van der Waals surface area contributed by atoms with Crippen molar-refractivity contribution in [3.05, 3.63) is 12.7 Å². The number of aliphatic carboxylic acids is 1. The van der Waals surface area contributed by atoms with Gasteiger partial charge in [-0.05, 0) is 19.3 Å². The van der Waals surface area contributed by atoms with Crippen LogP contribution in [0.25, 0.3) is 0 Å². The van der Waals surface area contributed by atoms with Gasteiger partial charge in [0.2, 0.25) is 5.91 Å². The molecule has 0 radical (unpaired) electrons. The number of carbonyl (C=O) groups is 3. The van der Waals surface area contributed by atoms with Gasteiger partial charge in [0.05, 0.1) is 5.92 Å². The second-order valence-corrected chi connectivity index (χ2v) is 4.55. The Labute approximate surface area is 111 Å². The van der Waals surface area contributed by atoms with Crippen LogP contribution in [0.15, 0.2) is 12.7 Å². The van der Waals surface area contributed by atoms with Gasteiger partial charge in [-0.3, -0.25) is 4.79 Å². The standard InChI is InChI=1S/C12H19N3O4/c1-2-4-9(11(17)18)14-12(19)15-6-3-5-8(7-15)10(13)16/h2,8-9H,1,3-7H2,(H2,13,16)(H,14,19)(H,17,18). The quantitative estimate of drug-likeness (QED) is 0.606. The van der Waals surface area contributed by atoms with Gasteiger partial charge in [0.1, 0.15) is 6.04 Å². The molecule has 0 saturated carbocycles. The molecule has 0 aromatic heterocycles. The lowest BCUT2D eigenvalue weighted by Gasteiger charge is -2.32. The van der Waals surface area contributed by atoms with Crippen LogP contribution in [0.5, 0.6) is 0 Å². The molecule has 1 aliphatic rings. The van der Waals surface area contributed by atoms with Gasteiger partial charge in [0.25, 0.3) is 0 Å². The zero-order valence-electron chi connectivity index (χ0n) is 10.7. The minimum absolute atomic E-state index is 0.147. The fourth-order valence-corrected chi connectivity index (χ4v) is 2.02. The number of urea groups is 1. The SMILES string of the molecule is C=CCC(NC(=O)N1CCCC(C(N)=O)C1)C(=O)O. The summed E-state index contributed by atoms with van der Waals surface area (Å²) in [4.78, 5) is 35.4. The summed E-state index contributed by atoms with van der Waals surface area (Å²) in [5.41, 5.74) is 5.22. The number of nitrogens with zero attached hydrogens (tertiary/aromatic N) is 1. The Morgan fingerprint density at radius 3 is 2.74 bits per heavy atom. The molecule has 1 saturated heterocycles. The minimum atomic E-state index is -1.11. The van der Waals surface area contributed by atoms with Gasteiger partial charge in [-0.1, -0.05) is 6.08 Å². The third-order valence-electron chi connectivity index (χ3n) is 3.11. The highest BCUT2D eigenvalue weighted by molar-refractivity contribution is 5.83. The number of carboxylic acid groups (broad SMARTS) is 1. The maximum absolute atomic E-state index is 11.9. The minimum Gasteiger partial charge on any atom is -0.480 e. The van der Waals surface area contributed by atoms with Crippen molar-refractivity contribution in [2.75, 3.05) is 13.1 Å². The predicted molar refractivity (Wildman–Crippen MR) is 68.3 cm³/mol. The first kappa shape index (κ1) is 15.0. The van der Waals surface area contributed by atoms with Crippen molar-refractivity contribution in [3.8, 4) is 0 Å². The Morgan fingerprint density at radius 2 is 2.21 bits per heavy atom. The molecule has 3 amide bonds. The number of carbonyl (C=O) groups excluding carboxylic acids is 2. The Bertz CT molecular complexity index is 383. The van der Waals surface area contributed by atoms with E-state index in [4.69, 9.17) is 10.8 Å². The third-order valence-corrected chi connectivity index (χ3v) is 3.11. The molecule has 0 aliphatic carbocycles. The van der Waals surface area contributed by atoms with E-state index in [1.807, 2.05) is 0 Å². The van der Waals surface area contributed by atoms with Crippen LogP contribution in [0, 0.1) is 5.92 Å². The van der Waals surface area contributed by atoms with Crippen molar-refractivity contribution in [2.45, 2.75) is 25.3 Å². The number of hydrogen-bond donors (Lipinski definition) is 3. The summed E-state index contributed by atoms with van der Waals surface area (Å²) in [6.45, 7) is 4.18. The van der Waals surface area contributed by atoms with E-state index in [1.165, 1.54) is 11.0 Å². The van der Waals surface area contributed by atoms with E-state index in [1.54, 1.807) is 0 Å². The van der Waals surface area contributed by atoms with E-state index in [0.29, 0.717) is 19.4 Å². The van der Waals surface area contributed by atoms with E-state index < -0.39 is 23.9 Å². The van der Waals surface area contributed by atoms with Crippen molar-refractivity contribution < 1.29 is 19.5 Å². The van der Waals surface area contributed by atoms with Crippen LogP contribution in [0.2, 0.25) is 0 Å². The van der Waals surface area contributed by atoms with Crippen molar-refractivity contribution in [1.82, 2.24) is 10.2 Å². The molecule has 0 spiro atoms. The number of hydrogen-bond acceptors (Lipinski definition) is 3. The molecule has 7 nitrogen and oxygen atoms in total. The summed E-state index contributed by atoms with van der Waals surface area (Å²) in [6, 6.07) is -1.49. The van der Waals surface area contributed by atoms with Crippen LogP contribution in [-0.4, -0.2) is 47.0 Å². The van der Waals surface area contributed by atoms with E-state index >= 15 is 0 Å². The lowest BCUT2D eigenvalue weighted by atomic mass is 9.98. The Balaban J connectivity index is 2.58. The summed E-state index contributed by atoms with van der Waals surface area (Å²) in [6.07, 6.45) is 2.92. The molecule has 2 unspecified atom stereocenters. The summed E-state index contributed by atoms with van der Waals surface area (Å²) < 4.78 is 0. The molecule has 1 aliphatic heterocycles. The van der Waals surface area contributed by atoms with Gasteiger partial charge < -0.3 is 21.1 Å². The molecule has 2 atom stereocenters. The molecule has 1 fully saturated rings. The molecule has 1 rings (SSSR count). The molecule has 0 bridgehead atoms. The molecule has 0 aromatic rings. The fourth-order valence-electron chi connectivity index (χ4n) is 2.02. The van der Waals surface area contributed by atoms with Gasteiger partial charge >= 0.3 is 12.0 Å². The number of likely N-dealkylation sites (tertiary alicyclic amines) is 1. The average Bonchev–Trinajstić information content (AvgIpc) is 2.38. The van der Waals surface area contributed by atoms with Crippen LogP contribution < -0.4 is 11.1 Å². The van der Waals surface area contributed by atoms with Crippen molar-refractivity contribution in [1.29, 1.82) is 0 Å². The molecule has 19 heavy (non-hydrogen) atoms. The van der Waals surface area contributed by atoms with Gasteiger partial charge in [0, 0.05) is 13.1 Å². The largest absolute Gasteiger partial charge is 0.480 e. The van der Waals surface area contributed by atoms with Crippen LogP contribution in [0.1, 0.15) is 19.3 Å². The second kappa shape index (κ2) is 6.77. The van der Waals surface area contributed by atoms with Gasteiger partial charge in [-0.15, -0.1) is 6.58 Å². The van der Waals surface area contributed by atoms with Crippen LogP contribution in [0.4, 0.5) is 4.79 Å². The molecule has 106 valence electrons. The Morgan fingerprint density at radius 1 is 1.53 bits per heavy atom. The zero-order chi connectivity index (χ0) is 14.4. The number of rotatable bonds is 5. The smallest absolute Gasteiger partial charge is 0.326 e. The van der Waals surface area contributed by atoms with Gasteiger partial charge in [-0.2, -0.15) is 0 Å². The fraction of sp³-hybridized carbons (Fsp3) is 0.583. The summed E-state index contributed by atoms with van der Waals surface area (Å²) in [7, 11) is 0. The predicted octanol–water partition coefficient (Wildman–Crippen LogP) is -0.0774. The highest BCUT2D eigenvalue weighted by Gasteiger charge is 2.29. The molecular formula is C12H19N3O4. The summed E-state index contributed by atoms with van der Waals surface area (Å²) in [5.74, 6) is -1.91. The average molecular weight is 269 g/mol. The first-order valence-electron chi connectivity index (χ1n) is 6.14. The molecule has 0 aromatic carbocycles. The van der Waals surface area contributed by atoms with Crippen LogP contribution in [0.3, 0.4) is 0 Å². The van der Waals surface area contributed by atoms with Crippen LogP contribution in [-0.2, 0) is 9.59 Å².